The third-order valence-electron chi connectivity index (χ3n) is 0.0791. The summed E-state index contributed by atoms with van der Waals surface area (Å²) < 4.78 is 2.36. The van der Waals surface area contributed by atoms with Crippen molar-refractivity contribution >= 4 is 0 Å². The molecule has 0 saturated carbocycles. The van der Waals surface area contributed by atoms with Crippen molar-refractivity contribution in [3.8, 4) is 6.19 Å². The molecule has 0 aromatic heterocycles. The molecule has 1 N–H and O–H groups in total. The summed E-state index contributed by atoms with van der Waals surface area (Å²) in [6.45, 7) is 0. The predicted octanol–water partition coefficient (Wildman–Crippen LogP) is -0.481. The zero-order chi connectivity index (χ0) is 3.41. The molecule has 0 aromatic carbocycles. The minimum absolute atomic E-state index is 0.858. The summed E-state index contributed by atoms with van der Waals surface area (Å²) in [6, 6.07) is 0. The van der Waals surface area contributed by atoms with Crippen molar-refractivity contribution in [3.05, 3.63) is 0 Å². The van der Waals surface area contributed by atoms with Crippen LogP contribution in [0.25, 0.3) is 0 Å². The Labute approximate surface area is 34.7 Å². The van der Waals surface area contributed by atoms with Crippen LogP contribution in [0.1, 0.15) is 0 Å². The van der Waals surface area contributed by atoms with Gasteiger partial charge >= 0.3 is 34.1 Å². The summed E-state index contributed by atoms with van der Waals surface area (Å²) in [5, 5.41) is 7.55. The first kappa shape index (κ1) is 3.91. The Kier molecular flexibility index (Phi) is 2.85. The number of nitrogens with one attached hydrogen (secondary N) is 1. The maximum atomic E-state index is 7.55. The maximum absolute atomic E-state index is 7.55. The number of rotatable bonds is 0. The van der Waals surface area contributed by atoms with Crippen molar-refractivity contribution in [2.45, 2.75) is 0 Å². The van der Waals surface area contributed by atoms with Crippen LogP contribution in [-0.2, 0) is 18.5 Å². The molecule has 0 aliphatic carbocycles. The van der Waals surface area contributed by atoms with Gasteiger partial charge in [0.05, 0.1) is 0 Å². The van der Waals surface area contributed by atoms with Gasteiger partial charge in [0, 0.05) is 0 Å². The molecule has 0 radical (unpaired) electrons. The monoisotopic (exact) mass is 105 g/mol. The molecule has 0 fully saturated rings. The average molecular weight is 106 g/mol. The van der Waals surface area contributed by atoms with Crippen molar-refractivity contribution < 1.29 is 18.5 Å². The summed E-state index contributed by atoms with van der Waals surface area (Å²) in [7, 11) is 0. The predicted molar refractivity (Wildman–Crippen MR) is 8.75 cm³/mol. The van der Waals surface area contributed by atoms with Gasteiger partial charge in [0.1, 0.15) is 0 Å². The van der Waals surface area contributed by atoms with Crippen LogP contribution in [0.2, 0.25) is 0 Å². The third kappa shape index (κ3) is 1.91. The molecule has 4 heavy (non-hydrogen) atoms. The second kappa shape index (κ2) is 2.91. The molecular weight excluding hydrogens is 105 g/mol. The third-order valence-corrected chi connectivity index (χ3v) is 0.411. The molecule has 0 heterocycles. The first-order chi connectivity index (χ1) is 1.91. The van der Waals surface area contributed by atoms with E-state index in [4.69, 9.17) is 5.26 Å². The van der Waals surface area contributed by atoms with Gasteiger partial charge in [0.15, 0.2) is 0 Å². The van der Waals surface area contributed by atoms with E-state index in [2.05, 4.69) is 4.06 Å². The standard InChI is InChI=1S/CHN2.Zn/c2-1-3;/h2H;/q-1;+1. The number of nitrogens with zero attached hydrogens (tertiary/aromatic N) is 1. The second-order valence-corrected chi connectivity index (χ2v) is 1.03. The van der Waals surface area contributed by atoms with Crippen molar-refractivity contribution in [1.29, 1.82) is 5.26 Å². The minimum atomic E-state index is 0.858. The van der Waals surface area contributed by atoms with Crippen LogP contribution in [0.4, 0.5) is 0 Å². The van der Waals surface area contributed by atoms with Gasteiger partial charge in [0.2, 0.25) is 0 Å². The fourth-order valence-corrected chi connectivity index (χ4v) is 0. The van der Waals surface area contributed by atoms with E-state index in [1.807, 2.05) is 0 Å². The fourth-order valence-electron chi connectivity index (χ4n) is 0. The van der Waals surface area contributed by atoms with Gasteiger partial charge in [-0.25, -0.2) is 0 Å². The normalized spacial score (nSPS) is 4.25. The molecule has 0 saturated heterocycles. The van der Waals surface area contributed by atoms with Gasteiger partial charge in [-0.05, 0) is 0 Å². The SMILES string of the molecule is N#C[NH][Zn]. The molecule has 2 nitrogen and oxygen atoms in total. The second-order valence-electron chi connectivity index (χ2n) is 0.289. The Morgan fingerprint density at radius 1 is 2.00 bits per heavy atom. The molecule has 0 amide bonds. The van der Waals surface area contributed by atoms with E-state index in [1.54, 1.807) is 6.19 Å². The first-order valence-electron chi connectivity index (χ1n) is 0.827. The van der Waals surface area contributed by atoms with Crippen LogP contribution in [0.3, 0.4) is 0 Å². The molecule has 3 heteroatoms. The molecule has 17 valence electrons. The fraction of sp³-hybridized carbons (Fsp3) is 0. The van der Waals surface area contributed by atoms with Gasteiger partial charge in [-0.3, -0.25) is 0 Å². The molecule has 0 unspecified atom stereocenters. The van der Waals surface area contributed by atoms with E-state index >= 15 is 0 Å². The average Bonchev–Trinajstić information content (AvgIpc) is 1.37. The quantitative estimate of drug-likeness (QED) is 0.257. The van der Waals surface area contributed by atoms with E-state index < -0.39 is 0 Å². The van der Waals surface area contributed by atoms with Crippen LogP contribution in [0.5, 0.6) is 0 Å². The van der Waals surface area contributed by atoms with Gasteiger partial charge in [-0.15, -0.1) is 0 Å². The van der Waals surface area contributed by atoms with Gasteiger partial charge in [-0.2, -0.15) is 0 Å². The summed E-state index contributed by atoms with van der Waals surface area (Å²) in [4.78, 5) is 0. The zero-order valence-corrected chi connectivity index (χ0v) is 5.12. The Balaban J connectivity index is 2.43. The molecule has 0 bridgehead atoms. The van der Waals surface area contributed by atoms with E-state index in [-0.39, 0.29) is 0 Å². The first-order valence-corrected chi connectivity index (χ1v) is 2.31. The Hall–Kier alpha value is -0.0866. The van der Waals surface area contributed by atoms with Crippen LogP contribution in [0.15, 0.2) is 0 Å². The topological polar surface area (TPSA) is 35.8 Å². The summed E-state index contributed by atoms with van der Waals surface area (Å²) >= 11 is 0.858. The number of hydrogen-bond acceptors (Lipinski definition) is 2. The molecule has 0 aromatic rings. The van der Waals surface area contributed by atoms with Crippen LogP contribution in [-0.4, -0.2) is 0 Å². The molecule has 0 aliphatic rings. The molecule has 0 aliphatic heterocycles. The molecule has 0 atom stereocenters. The Morgan fingerprint density at radius 3 is 2.25 bits per heavy atom. The van der Waals surface area contributed by atoms with Crippen LogP contribution >= 0.6 is 0 Å². The summed E-state index contributed by atoms with van der Waals surface area (Å²) in [6.07, 6.45) is 1.74. The van der Waals surface area contributed by atoms with E-state index in [0.29, 0.717) is 0 Å². The van der Waals surface area contributed by atoms with E-state index in [0.717, 1.165) is 18.5 Å². The summed E-state index contributed by atoms with van der Waals surface area (Å²) in [5.74, 6) is 0. The van der Waals surface area contributed by atoms with Gasteiger partial charge in [-0.1, -0.05) is 0 Å². The molecule has 0 spiro atoms. The molecular formula is CHN2Zn. The van der Waals surface area contributed by atoms with Crippen LogP contribution in [0, 0.1) is 11.5 Å². The number of hydrogen-bond donors (Lipinski definition) is 1. The van der Waals surface area contributed by atoms with Crippen LogP contribution < -0.4 is 4.06 Å². The van der Waals surface area contributed by atoms with Gasteiger partial charge in [0.25, 0.3) is 0 Å². The van der Waals surface area contributed by atoms with Crippen molar-refractivity contribution in [3.63, 3.8) is 0 Å². The van der Waals surface area contributed by atoms with Crippen molar-refractivity contribution in [2.24, 2.45) is 0 Å². The number of nitriles is 1. The molecule has 0 rings (SSSR count). The van der Waals surface area contributed by atoms with E-state index in [9.17, 15) is 0 Å². The van der Waals surface area contributed by atoms with Crippen molar-refractivity contribution in [2.75, 3.05) is 0 Å². The zero-order valence-electron chi connectivity index (χ0n) is 2.15. The van der Waals surface area contributed by atoms with Gasteiger partial charge < -0.3 is 0 Å². The Bertz CT molecular complexity index is 35.8. The van der Waals surface area contributed by atoms with E-state index in [1.165, 1.54) is 0 Å². The Morgan fingerprint density at radius 2 is 2.25 bits per heavy atom. The summed E-state index contributed by atoms with van der Waals surface area (Å²) in [5.41, 5.74) is 0. The van der Waals surface area contributed by atoms with Crippen molar-refractivity contribution in [1.82, 2.24) is 4.06 Å².